The number of fused-ring (bicyclic) bond motifs is 2. The molecule has 0 aromatic carbocycles. The molecule has 0 radical (unpaired) electrons. The molecular weight excluding hydrogens is 151 g/mol. The van der Waals surface area contributed by atoms with Gasteiger partial charge in [-0.05, 0) is 43.2 Å². The third kappa shape index (κ3) is 1.38. The largest absolute Gasteiger partial charge is 0.103 e. The van der Waals surface area contributed by atoms with Gasteiger partial charge in [0.25, 0.3) is 0 Å². The van der Waals surface area contributed by atoms with Crippen LogP contribution in [0.25, 0.3) is 0 Å². The van der Waals surface area contributed by atoms with E-state index in [4.69, 9.17) is 0 Å². The predicted octanol–water partition coefficient (Wildman–Crippen LogP) is 3.37. The fourth-order valence-corrected chi connectivity index (χ4v) is 6.15. The summed E-state index contributed by atoms with van der Waals surface area (Å²) in [6.45, 7) is 3.87. The van der Waals surface area contributed by atoms with Crippen molar-refractivity contribution < 1.29 is 0 Å². The van der Waals surface area contributed by atoms with E-state index in [9.17, 15) is 0 Å². The first-order valence-electron chi connectivity index (χ1n) is 4.78. The maximum Gasteiger partial charge on any atom is -0.0142 e. The molecule has 0 saturated carbocycles. The van der Waals surface area contributed by atoms with Gasteiger partial charge in [-0.3, -0.25) is 0 Å². The Bertz CT molecular complexity index is 137. The van der Waals surface area contributed by atoms with Crippen molar-refractivity contribution in [3.05, 3.63) is 12.7 Å². The Morgan fingerprint density at radius 1 is 1.18 bits per heavy atom. The molecule has 0 amide bonds. The summed E-state index contributed by atoms with van der Waals surface area (Å²) in [6.07, 6.45) is 11.2. The maximum absolute atomic E-state index is 3.87. The molecule has 2 rings (SSSR count). The van der Waals surface area contributed by atoms with Gasteiger partial charge in [-0.2, -0.15) is 0 Å². The van der Waals surface area contributed by atoms with Gasteiger partial charge in [0, 0.05) is 0 Å². The zero-order valence-corrected chi connectivity index (χ0v) is 8.02. The highest BCUT2D eigenvalue weighted by Gasteiger charge is 2.36. The second-order valence-corrected chi connectivity index (χ2v) is 6.66. The van der Waals surface area contributed by atoms with Crippen molar-refractivity contribution in [2.45, 2.75) is 43.4 Å². The Hall–Kier alpha value is 0.170. The van der Waals surface area contributed by atoms with Crippen LogP contribution in [0.15, 0.2) is 12.7 Å². The lowest BCUT2D eigenvalue weighted by Gasteiger charge is -2.29. The van der Waals surface area contributed by atoms with E-state index < -0.39 is 0 Å². The molecule has 62 valence electrons. The molecule has 0 aromatic heterocycles. The van der Waals surface area contributed by atoms with Gasteiger partial charge in [0.05, 0.1) is 0 Å². The van der Waals surface area contributed by atoms with Crippen molar-refractivity contribution in [3.63, 3.8) is 0 Å². The van der Waals surface area contributed by atoms with Crippen LogP contribution in [0.5, 0.6) is 0 Å². The van der Waals surface area contributed by atoms with Crippen molar-refractivity contribution in [1.29, 1.82) is 0 Å². The minimum Gasteiger partial charge on any atom is -0.103 e. The summed E-state index contributed by atoms with van der Waals surface area (Å²) >= 11 is 0. The SMILES string of the molecule is C=CCP1C2CCCC1CC2. The van der Waals surface area contributed by atoms with Crippen molar-refractivity contribution in [1.82, 2.24) is 0 Å². The highest BCUT2D eigenvalue weighted by molar-refractivity contribution is 7.59. The lowest BCUT2D eigenvalue weighted by Crippen LogP contribution is -2.12. The van der Waals surface area contributed by atoms with Crippen molar-refractivity contribution >= 4 is 7.92 Å². The molecule has 2 aliphatic heterocycles. The van der Waals surface area contributed by atoms with E-state index in [1.807, 2.05) is 0 Å². The molecule has 2 atom stereocenters. The zero-order chi connectivity index (χ0) is 7.68. The maximum atomic E-state index is 3.87. The normalized spacial score (nSPS) is 42.4. The molecule has 11 heavy (non-hydrogen) atoms. The lowest BCUT2D eigenvalue weighted by molar-refractivity contribution is 0.673. The summed E-state index contributed by atoms with van der Waals surface area (Å²) < 4.78 is 0. The second-order valence-electron chi connectivity index (χ2n) is 3.80. The summed E-state index contributed by atoms with van der Waals surface area (Å²) in [5.74, 6) is 0. The van der Waals surface area contributed by atoms with E-state index in [2.05, 4.69) is 12.7 Å². The van der Waals surface area contributed by atoms with Crippen molar-refractivity contribution in [2.75, 3.05) is 6.16 Å². The van der Waals surface area contributed by atoms with E-state index >= 15 is 0 Å². The third-order valence-electron chi connectivity index (χ3n) is 3.19. The van der Waals surface area contributed by atoms with Gasteiger partial charge in [-0.25, -0.2) is 0 Å². The molecule has 2 aliphatic rings. The van der Waals surface area contributed by atoms with Crippen LogP contribution in [0.1, 0.15) is 32.1 Å². The Morgan fingerprint density at radius 3 is 2.36 bits per heavy atom. The van der Waals surface area contributed by atoms with Crippen LogP contribution >= 0.6 is 7.92 Å². The number of rotatable bonds is 2. The van der Waals surface area contributed by atoms with Gasteiger partial charge in [0.1, 0.15) is 0 Å². The van der Waals surface area contributed by atoms with Crippen molar-refractivity contribution in [2.24, 2.45) is 0 Å². The second kappa shape index (κ2) is 3.27. The van der Waals surface area contributed by atoms with E-state index in [0.29, 0.717) is 7.92 Å². The van der Waals surface area contributed by atoms with Crippen LogP contribution in [-0.2, 0) is 0 Å². The van der Waals surface area contributed by atoms with Crippen LogP contribution in [0.4, 0.5) is 0 Å². The molecule has 0 nitrogen and oxygen atoms in total. The first-order valence-corrected chi connectivity index (χ1v) is 6.45. The number of hydrogen-bond acceptors (Lipinski definition) is 0. The molecule has 0 aliphatic carbocycles. The lowest BCUT2D eigenvalue weighted by atomic mass is 10.2. The molecule has 2 bridgehead atoms. The smallest absolute Gasteiger partial charge is 0.0142 e. The molecule has 2 heterocycles. The molecule has 2 fully saturated rings. The fourth-order valence-electron chi connectivity index (χ4n) is 2.67. The van der Waals surface area contributed by atoms with Crippen LogP contribution in [0, 0.1) is 0 Å². The topological polar surface area (TPSA) is 0 Å². The Kier molecular flexibility index (Phi) is 2.32. The van der Waals surface area contributed by atoms with E-state index in [0.717, 1.165) is 11.3 Å². The number of hydrogen-bond donors (Lipinski definition) is 0. The quantitative estimate of drug-likeness (QED) is 0.438. The minimum atomic E-state index is 0.399. The Morgan fingerprint density at radius 2 is 1.82 bits per heavy atom. The third-order valence-corrected chi connectivity index (χ3v) is 6.77. The van der Waals surface area contributed by atoms with Crippen LogP contribution in [0.3, 0.4) is 0 Å². The summed E-state index contributed by atoms with van der Waals surface area (Å²) in [7, 11) is 0.399. The summed E-state index contributed by atoms with van der Waals surface area (Å²) in [6, 6.07) is 0. The van der Waals surface area contributed by atoms with Crippen LogP contribution in [-0.4, -0.2) is 17.5 Å². The van der Waals surface area contributed by atoms with Gasteiger partial charge in [0.15, 0.2) is 0 Å². The van der Waals surface area contributed by atoms with Gasteiger partial charge in [-0.1, -0.05) is 20.4 Å². The predicted molar refractivity (Wildman–Crippen MR) is 52.6 cm³/mol. The van der Waals surface area contributed by atoms with Gasteiger partial charge in [-0.15, -0.1) is 6.58 Å². The zero-order valence-electron chi connectivity index (χ0n) is 7.13. The molecule has 0 aromatic rings. The number of allylic oxidation sites excluding steroid dienone is 1. The van der Waals surface area contributed by atoms with E-state index in [1.54, 1.807) is 12.8 Å². The average molecular weight is 168 g/mol. The molecule has 2 saturated heterocycles. The van der Waals surface area contributed by atoms with Crippen molar-refractivity contribution in [3.8, 4) is 0 Å². The molecular formula is C10H17P. The fraction of sp³-hybridized carbons (Fsp3) is 0.800. The van der Waals surface area contributed by atoms with E-state index in [1.165, 1.54) is 25.4 Å². The van der Waals surface area contributed by atoms with Crippen LogP contribution < -0.4 is 0 Å². The minimum absolute atomic E-state index is 0.399. The standard InChI is InChI=1S/C10H17P/c1-2-8-11-9-4-3-5-10(11)7-6-9/h2,9-10H,1,3-8H2. The summed E-state index contributed by atoms with van der Waals surface area (Å²) in [5.41, 5.74) is 2.28. The first kappa shape index (κ1) is 7.80. The molecule has 2 unspecified atom stereocenters. The average Bonchev–Trinajstić information content (AvgIpc) is 2.30. The monoisotopic (exact) mass is 168 g/mol. The Labute approximate surface area is 70.8 Å². The van der Waals surface area contributed by atoms with Crippen LogP contribution in [0.2, 0.25) is 0 Å². The highest BCUT2D eigenvalue weighted by Crippen LogP contribution is 2.61. The first-order chi connectivity index (χ1) is 5.42. The molecule has 1 heteroatoms. The van der Waals surface area contributed by atoms with Gasteiger partial charge < -0.3 is 0 Å². The summed E-state index contributed by atoms with van der Waals surface area (Å²) in [4.78, 5) is 0. The molecule has 0 N–H and O–H groups in total. The van der Waals surface area contributed by atoms with E-state index in [-0.39, 0.29) is 0 Å². The Balaban J connectivity index is 2.02. The molecule has 0 spiro atoms. The van der Waals surface area contributed by atoms with Gasteiger partial charge in [0.2, 0.25) is 0 Å². The van der Waals surface area contributed by atoms with Gasteiger partial charge >= 0.3 is 0 Å². The summed E-state index contributed by atoms with van der Waals surface area (Å²) in [5, 5.41) is 0. The highest BCUT2D eigenvalue weighted by atomic mass is 31.1.